The van der Waals surface area contributed by atoms with Crippen LogP contribution in [0.15, 0.2) is 18.2 Å². The lowest BCUT2D eigenvalue weighted by molar-refractivity contribution is 0.0294. The van der Waals surface area contributed by atoms with Crippen molar-refractivity contribution in [1.82, 2.24) is 9.80 Å². The summed E-state index contributed by atoms with van der Waals surface area (Å²) in [6.45, 7) is 11.1. The van der Waals surface area contributed by atoms with Gasteiger partial charge in [-0.25, -0.2) is 0 Å². The number of hydrogen-bond acceptors (Lipinski definition) is 3. The van der Waals surface area contributed by atoms with Crippen LogP contribution in [0.2, 0.25) is 0 Å². The van der Waals surface area contributed by atoms with Gasteiger partial charge in [-0.15, -0.1) is 0 Å². The highest BCUT2D eigenvalue weighted by molar-refractivity contribution is 5.33. The monoisotopic (exact) mass is 287 g/mol. The van der Waals surface area contributed by atoms with E-state index in [4.69, 9.17) is 5.73 Å². The second kappa shape index (κ2) is 6.07. The van der Waals surface area contributed by atoms with Crippen LogP contribution in [0.4, 0.5) is 0 Å². The molecule has 2 aliphatic heterocycles. The summed E-state index contributed by atoms with van der Waals surface area (Å²) in [5.74, 6) is 0. The normalized spacial score (nSPS) is 28.6. The maximum Gasteiger partial charge on any atom is 0.0477 e. The SMILES string of the molecule is Cc1ccc(C(CN)N2CC3CCCN3CC2C)c(C)c1. The van der Waals surface area contributed by atoms with E-state index in [0.717, 1.165) is 6.04 Å². The average molecular weight is 287 g/mol. The van der Waals surface area contributed by atoms with Crippen molar-refractivity contribution in [2.45, 2.75) is 51.7 Å². The fourth-order valence-corrected chi connectivity index (χ4v) is 4.28. The smallest absolute Gasteiger partial charge is 0.0477 e. The highest BCUT2D eigenvalue weighted by Crippen LogP contribution is 2.32. The number of benzene rings is 1. The van der Waals surface area contributed by atoms with E-state index in [-0.39, 0.29) is 0 Å². The van der Waals surface area contributed by atoms with E-state index in [1.807, 2.05) is 0 Å². The molecule has 1 aromatic carbocycles. The van der Waals surface area contributed by atoms with Crippen LogP contribution in [-0.2, 0) is 0 Å². The lowest BCUT2D eigenvalue weighted by Crippen LogP contribution is -2.56. The second-order valence-electron chi connectivity index (χ2n) is 6.95. The van der Waals surface area contributed by atoms with E-state index in [1.54, 1.807) is 0 Å². The standard InChI is InChI=1S/C18H29N3/c1-13-6-7-17(14(2)9-13)18(10-19)21-12-16-5-4-8-20(16)11-15(21)3/h6-7,9,15-16,18H,4-5,8,10-12,19H2,1-3H3. The van der Waals surface area contributed by atoms with Gasteiger partial charge in [0.25, 0.3) is 0 Å². The molecule has 3 atom stereocenters. The van der Waals surface area contributed by atoms with E-state index in [2.05, 4.69) is 48.8 Å². The first-order valence-corrected chi connectivity index (χ1v) is 8.37. The molecule has 2 saturated heterocycles. The van der Waals surface area contributed by atoms with Gasteiger partial charge in [0.1, 0.15) is 0 Å². The Balaban J connectivity index is 1.85. The third kappa shape index (κ3) is 2.87. The Hall–Kier alpha value is -0.900. The lowest BCUT2D eigenvalue weighted by atomic mass is 9.95. The molecule has 3 unspecified atom stereocenters. The molecule has 0 bridgehead atoms. The van der Waals surface area contributed by atoms with Crippen molar-refractivity contribution in [3.8, 4) is 0 Å². The predicted molar refractivity (Wildman–Crippen MR) is 88.5 cm³/mol. The summed E-state index contributed by atoms with van der Waals surface area (Å²) in [6.07, 6.45) is 2.72. The highest BCUT2D eigenvalue weighted by Gasteiger charge is 2.37. The fourth-order valence-electron chi connectivity index (χ4n) is 4.28. The predicted octanol–water partition coefficient (Wildman–Crippen LogP) is 2.47. The number of nitrogens with two attached hydrogens (primary N) is 1. The van der Waals surface area contributed by atoms with Gasteiger partial charge in [-0.1, -0.05) is 23.8 Å². The summed E-state index contributed by atoms with van der Waals surface area (Å²) in [4.78, 5) is 5.33. The van der Waals surface area contributed by atoms with Crippen molar-refractivity contribution in [3.05, 3.63) is 34.9 Å². The topological polar surface area (TPSA) is 32.5 Å². The van der Waals surface area contributed by atoms with Crippen LogP contribution in [0, 0.1) is 13.8 Å². The minimum atomic E-state index is 0.364. The summed E-state index contributed by atoms with van der Waals surface area (Å²) in [5, 5.41) is 0. The van der Waals surface area contributed by atoms with E-state index in [1.165, 1.54) is 49.2 Å². The Bertz CT molecular complexity index is 499. The molecule has 116 valence electrons. The highest BCUT2D eigenvalue weighted by atomic mass is 15.3. The summed E-state index contributed by atoms with van der Waals surface area (Å²) >= 11 is 0. The quantitative estimate of drug-likeness (QED) is 0.927. The fraction of sp³-hybridized carbons (Fsp3) is 0.667. The molecule has 0 spiro atoms. The molecule has 2 fully saturated rings. The van der Waals surface area contributed by atoms with Crippen molar-refractivity contribution >= 4 is 0 Å². The zero-order chi connectivity index (χ0) is 15.0. The van der Waals surface area contributed by atoms with Crippen molar-refractivity contribution in [2.24, 2.45) is 5.73 Å². The number of nitrogens with zero attached hydrogens (tertiary/aromatic N) is 2. The molecule has 3 nitrogen and oxygen atoms in total. The number of hydrogen-bond donors (Lipinski definition) is 1. The molecule has 2 N–H and O–H groups in total. The molecular formula is C18H29N3. The molecule has 0 aliphatic carbocycles. The summed E-state index contributed by atoms with van der Waals surface area (Å²) in [6, 6.07) is 8.50. The maximum absolute atomic E-state index is 6.19. The van der Waals surface area contributed by atoms with Gasteiger partial charge in [-0.05, 0) is 51.3 Å². The number of fused-ring (bicyclic) bond motifs is 1. The van der Waals surface area contributed by atoms with Gasteiger partial charge in [-0.2, -0.15) is 0 Å². The first kappa shape index (κ1) is 15.0. The molecule has 2 aliphatic rings. The van der Waals surface area contributed by atoms with Gasteiger partial charge in [0, 0.05) is 37.8 Å². The van der Waals surface area contributed by atoms with E-state index < -0.39 is 0 Å². The van der Waals surface area contributed by atoms with Crippen LogP contribution in [0.5, 0.6) is 0 Å². The minimum absolute atomic E-state index is 0.364. The Morgan fingerprint density at radius 1 is 1.29 bits per heavy atom. The minimum Gasteiger partial charge on any atom is -0.329 e. The molecule has 0 aromatic heterocycles. The largest absolute Gasteiger partial charge is 0.329 e. The molecule has 1 aromatic rings. The lowest BCUT2D eigenvalue weighted by Gasteiger charge is -2.46. The van der Waals surface area contributed by atoms with Crippen LogP contribution in [0.3, 0.4) is 0 Å². The number of rotatable bonds is 3. The van der Waals surface area contributed by atoms with Gasteiger partial charge in [0.15, 0.2) is 0 Å². The number of piperazine rings is 1. The van der Waals surface area contributed by atoms with Crippen LogP contribution in [-0.4, -0.2) is 48.1 Å². The van der Waals surface area contributed by atoms with Gasteiger partial charge in [0.2, 0.25) is 0 Å². The van der Waals surface area contributed by atoms with Crippen molar-refractivity contribution in [2.75, 3.05) is 26.2 Å². The molecule has 2 heterocycles. The van der Waals surface area contributed by atoms with E-state index in [9.17, 15) is 0 Å². The van der Waals surface area contributed by atoms with Gasteiger partial charge in [0.05, 0.1) is 0 Å². The molecular weight excluding hydrogens is 258 g/mol. The molecule has 21 heavy (non-hydrogen) atoms. The molecule has 0 radical (unpaired) electrons. The van der Waals surface area contributed by atoms with Crippen molar-refractivity contribution in [1.29, 1.82) is 0 Å². The van der Waals surface area contributed by atoms with Crippen LogP contribution >= 0.6 is 0 Å². The molecule has 0 amide bonds. The Labute approximate surface area is 129 Å². The van der Waals surface area contributed by atoms with Gasteiger partial charge >= 0.3 is 0 Å². The summed E-state index contributed by atoms with van der Waals surface area (Å²) in [7, 11) is 0. The first-order chi connectivity index (χ1) is 10.1. The van der Waals surface area contributed by atoms with E-state index in [0.29, 0.717) is 18.6 Å². The third-order valence-corrected chi connectivity index (χ3v) is 5.39. The molecule has 3 heteroatoms. The van der Waals surface area contributed by atoms with Crippen molar-refractivity contribution in [3.63, 3.8) is 0 Å². The Kier molecular flexibility index (Phi) is 4.34. The Morgan fingerprint density at radius 2 is 2.10 bits per heavy atom. The van der Waals surface area contributed by atoms with Gasteiger partial charge in [-0.3, -0.25) is 9.80 Å². The Morgan fingerprint density at radius 3 is 2.81 bits per heavy atom. The molecule has 3 rings (SSSR count). The van der Waals surface area contributed by atoms with Crippen LogP contribution in [0.1, 0.15) is 42.5 Å². The second-order valence-corrected chi connectivity index (χ2v) is 6.95. The van der Waals surface area contributed by atoms with Gasteiger partial charge < -0.3 is 5.73 Å². The molecule has 0 saturated carbocycles. The summed E-state index contributed by atoms with van der Waals surface area (Å²) in [5.41, 5.74) is 10.3. The van der Waals surface area contributed by atoms with E-state index >= 15 is 0 Å². The maximum atomic E-state index is 6.19. The zero-order valence-electron chi connectivity index (χ0n) is 13.7. The average Bonchev–Trinajstić information content (AvgIpc) is 2.89. The first-order valence-electron chi connectivity index (χ1n) is 8.37. The summed E-state index contributed by atoms with van der Waals surface area (Å²) < 4.78 is 0. The third-order valence-electron chi connectivity index (χ3n) is 5.39. The van der Waals surface area contributed by atoms with Crippen LogP contribution in [0.25, 0.3) is 0 Å². The zero-order valence-corrected chi connectivity index (χ0v) is 13.7. The van der Waals surface area contributed by atoms with Crippen molar-refractivity contribution < 1.29 is 0 Å². The number of aryl methyl sites for hydroxylation is 2. The van der Waals surface area contributed by atoms with Crippen LogP contribution < -0.4 is 5.73 Å².